The Kier molecular flexibility index (Phi) is 6.51. The van der Waals surface area contributed by atoms with E-state index in [1.807, 2.05) is 0 Å². The lowest BCUT2D eigenvalue weighted by molar-refractivity contribution is 0.147. The first-order valence-corrected chi connectivity index (χ1v) is 9.48. The Hall–Kier alpha value is -2.07. The molecule has 26 heavy (non-hydrogen) atoms. The topological polar surface area (TPSA) is 21.7 Å². The maximum Gasteiger partial charge on any atom is 0.126 e. The Morgan fingerprint density at radius 3 is 2.77 bits per heavy atom. The molecule has 0 spiro atoms. The van der Waals surface area contributed by atoms with Crippen molar-refractivity contribution >= 4 is 0 Å². The largest absolute Gasteiger partial charge is 0.496 e. The Bertz CT molecular complexity index is 719. The first kappa shape index (κ1) is 18.7. The van der Waals surface area contributed by atoms with Gasteiger partial charge < -0.3 is 9.47 Å². The lowest BCUT2D eigenvalue weighted by atomic mass is 9.86. The zero-order chi connectivity index (χ0) is 18.4. The number of nitrogens with zero attached hydrogens (tertiary/aromatic N) is 1. The van der Waals surface area contributed by atoms with Gasteiger partial charge in [-0.15, -0.1) is 0 Å². The standard InChI is InChI=1S/C22H28FNO2/c1-3-12-24(13-14-26-20-8-5-7-18(23)16-20)19-10-11-21-17(15-19)6-4-9-22(21)25-2/h4-9,16,19H,3,10-15H2,1-2H3. The molecule has 3 rings (SSSR count). The first-order chi connectivity index (χ1) is 12.7. The van der Waals surface area contributed by atoms with Crippen molar-refractivity contribution < 1.29 is 13.9 Å². The molecular weight excluding hydrogens is 329 g/mol. The average molecular weight is 357 g/mol. The Labute approximate surface area is 155 Å². The summed E-state index contributed by atoms with van der Waals surface area (Å²) in [6.07, 6.45) is 4.34. The zero-order valence-electron chi connectivity index (χ0n) is 15.7. The van der Waals surface area contributed by atoms with Crippen LogP contribution in [0.1, 0.15) is 30.9 Å². The fourth-order valence-electron chi connectivity index (χ4n) is 3.86. The minimum atomic E-state index is -0.259. The van der Waals surface area contributed by atoms with Crippen LogP contribution in [-0.4, -0.2) is 37.7 Å². The number of fused-ring (bicyclic) bond motifs is 1. The van der Waals surface area contributed by atoms with Crippen LogP contribution in [0.2, 0.25) is 0 Å². The van der Waals surface area contributed by atoms with Crippen molar-refractivity contribution in [3.05, 3.63) is 59.4 Å². The van der Waals surface area contributed by atoms with E-state index in [1.165, 1.54) is 23.3 Å². The van der Waals surface area contributed by atoms with E-state index in [9.17, 15) is 4.39 Å². The van der Waals surface area contributed by atoms with Crippen LogP contribution >= 0.6 is 0 Å². The summed E-state index contributed by atoms with van der Waals surface area (Å²) in [5.41, 5.74) is 2.76. The van der Waals surface area contributed by atoms with E-state index >= 15 is 0 Å². The average Bonchev–Trinajstić information content (AvgIpc) is 2.66. The summed E-state index contributed by atoms with van der Waals surface area (Å²) in [5, 5.41) is 0. The minimum absolute atomic E-state index is 0.259. The van der Waals surface area contributed by atoms with E-state index in [0.29, 0.717) is 18.4 Å². The highest BCUT2D eigenvalue weighted by Gasteiger charge is 2.25. The van der Waals surface area contributed by atoms with Crippen LogP contribution in [0.4, 0.5) is 4.39 Å². The summed E-state index contributed by atoms with van der Waals surface area (Å²) in [7, 11) is 1.74. The molecular formula is C22H28FNO2. The maximum atomic E-state index is 13.3. The highest BCUT2D eigenvalue weighted by molar-refractivity contribution is 5.42. The quantitative estimate of drug-likeness (QED) is 0.695. The Balaban J connectivity index is 1.61. The first-order valence-electron chi connectivity index (χ1n) is 9.48. The number of methoxy groups -OCH3 is 1. The molecule has 0 amide bonds. The van der Waals surface area contributed by atoms with E-state index in [4.69, 9.17) is 9.47 Å². The summed E-state index contributed by atoms with van der Waals surface area (Å²) >= 11 is 0. The van der Waals surface area contributed by atoms with Crippen molar-refractivity contribution in [3.63, 3.8) is 0 Å². The minimum Gasteiger partial charge on any atom is -0.496 e. The molecule has 3 nitrogen and oxygen atoms in total. The second-order valence-corrected chi connectivity index (χ2v) is 6.84. The van der Waals surface area contributed by atoms with Crippen LogP contribution in [0.15, 0.2) is 42.5 Å². The van der Waals surface area contributed by atoms with Gasteiger partial charge in [-0.1, -0.05) is 25.1 Å². The van der Waals surface area contributed by atoms with Crippen molar-refractivity contribution in [2.45, 2.75) is 38.6 Å². The molecule has 0 saturated carbocycles. The molecule has 1 aliphatic carbocycles. The van der Waals surface area contributed by atoms with Crippen molar-refractivity contribution in [1.29, 1.82) is 0 Å². The molecule has 0 aliphatic heterocycles. The normalized spacial score (nSPS) is 16.4. The van der Waals surface area contributed by atoms with Gasteiger partial charge in [-0.05, 0) is 61.6 Å². The summed E-state index contributed by atoms with van der Waals surface area (Å²) < 4.78 is 24.5. The number of rotatable bonds is 8. The van der Waals surface area contributed by atoms with Gasteiger partial charge in [0.2, 0.25) is 0 Å². The van der Waals surface area contributed by atoms with Crippen molar-refractivity contribution in [3.8, 4) is 11.5 Å². The van der Waals surface area contributed by atoms with Gasteiger partial charge in [0.15, 0.2) is 0 Å². The molecule has 140 valence electrons. The predicted molar refractivity (Wildman–Crippen MR) is 103 cm³/mol. The third-order valence-electron chi connectivity index (χ3n) is 5.10. The molecule has 1 atom stereocenters. The van der Waals surface area contributed by atoms with Gasteiger partial charge in [-0.3, -0.25) is 4.90 Å². The molecule has 1 aliphatic rings. The number of halogens is 1. The van der Waals surface area contributed by atoms with Gasteiger partial charge in [0, 0.05) is 18.7 Å². The molecule has 4 heteroatoms. The number of hydrogen-bond donors (Lipinski definition) is 0. The lowest BCUT2D eigenvalue weighted by Crippen LogP contribution is -2.42. The summed E-state index contributed by atoms with van der Waals surface area (Å²) in [5.74, 6) is 1.35. The monoisotopic (exact) mass is 357 g/mol. The Morgan fingerprint density at radius 2 is 2.00 bits per heavy atom. The predicted octanol–water partition coefficient (Wildman–Crippen LogP) is 4.48. The van der Waals surface area contributed by atoms with Crippen LogP contribution in [0.5, 0.6) is 11.5 Å². The fraction of sp³-hybridized carbons (Fsp3) is 0.455. The summed E-state index contributed by atoms with van der Waals surface area (Å²) in [6.45, 7) is 4.69. The van der Waals surface area contributed by atoms with E-state index in [0.717, 1.165) is 44.5 Å². The number of ether oxygens (including phenoxy) is 2. The van der Waals surface area contributed by atoms with Crippen LogP contribution in [0.3, 0.4) is 0 Å². The van der Waals surface area contributed by atoms with Gasteiger partial charge in [0.25, 0.3) is 0 Å². The molecule has 2 aromatic rings. The van der Waals surface area contributed by atoms with Gasteiger partial charge >= 0.3 is 0 Å². The molecule has 0 radical (unpaired) electrons. The van der Waals surface area contributed by atoms with Crippen LogP contribution in [0.25, 0.3) is 0 Å². The molecule has 0 N–H and O–H groups in total. The molecule has 0 heterocycles. The smallest absolute Gasteiger partial charge is 0.126 e. The third kappa shape index (κ3) is 4.55. The van der Waals surface area contributed by atoms with E-state index < -0.39 is 0 Å². The van der Waals surface area contributed by atoms with Crippen molar-refractivity contribution in [2.75, 3.05) is 26.8 Å². The van der Waals surface area contributed by atoms with Crippen LogP contribution in [0, 0.1) is 5.82 Å². The van der Waals surface area contributed by atoms with E-state index in [-0.39, 0.29) is 5.82 Å². The third-order valence-corrected chi connectivity index (χ3v) is 5.10. The number of benzene rings is 2. The van der Waals surface area contributed by atoms with Crippen LogP contribution in [-0.2, 0) is 12.8 Å². The van der Waals surface area contributed by atoms with Gasteiger partial charge in [-0.2, -0.15) is 0 Å². The molecule has 0 bridgehead atoms. The zero-order valence-corrected chi connectivity index (χ0v) is 15.7. The van der Waals surface area contributed by atoms with Crippen molar-refractivity contribution in [2.24, 2.45) is 0 Å². The van der Waals surface area contributed by atoms with Gasteiger partial charge in [0.1, 0.15) is 23.9 Å². The number of hydrogen-bond acceptors (Lipinski definition) is 3. The van der Waals surface area contributed by atoms with Crippen LogP contribution < -0.4 is 9.47 Å². The molecule has 2 aromatic carbocycles. The highest BCUT2D eigenvalue weighted by atomic mass is 19.1. The lowest BCUT2D eigenvalue weighted by Gasteiger charge is -2.35. The van der Waals surface area contributed by atoms with Gasteiger partial charge in [0.05, 0.1) is 7.11 Å². The summed E-state index contributed by atoms with van der Waals surface area (Å²) in [6, 6.07) is 13.2. The molecule has 0 fully saturated rings. The SMILES string of the molecule is CCCN(CCOc1cccc(F)c1)C1CCc2c(cccc2OC)C1. The molecule has 0 saturated heterocycles. The molecule has 0 aromatic heterocycles. The maximum absolute atomic E-state index is 13.3. The van der Waals surface area contributed by atoms with E-state index in [1.54, 1.807) is 19.2 Å². The highest BCUT2D eigenvalue weighted by Crippen LogP contribution is 2.31. The van der Waals surface area contributed by atoms with Gasteiger partial charge in [-0.25, -0.2) is 4.39 Å². The van der Waals surface area contributed by atoms with E-state index in [2.05, 4.69) is 30.0 Å². The second kappa shape index (κ2) is 9.04. The fourth-order valence-corrected chi connectivity index (χ4v) is 3.86. The molecule has 1 unspecified atom stereocenters. The second-order valence-electron chi connectivity index (χ2n) is 6.84. The Morgan fingerprint density at radius 1 is 1.15 bits per heavy atom. The summed E-state index contributed by atoms with van der Waals surface area (Å²) in [4.78, 5) is 2.52. The van der Waals surface area contributed by atoms with Crippen molar-refractivity contribution in [1.82, 2.24) is 4.90 Å².